The normalized spacial score (nSPS) is 13.6. The molecule has 4 aromatic rings. The molecule has 5 N–H and O–H groups in total. The molecule has 5 heterocycles. The van der Waals surface area contributed by atoms with Gasteiger partial charge in [0.15, 0.2) is 0 Å². The molecule has 1 fully saturated rings. The molecule has 12 nitrogen and oxygen atoms in total. The molecule has 0 atom stereocenters. The fourth-order valence-electron chi connectivity index (χ4n) is 4.26. The number of thiazole rings is 1. The van der Waals surface area contributed by atoms with Crippen molar-refractivity contribution in [3.05, 3.63) is 54.4 Å². The Bertz CT molecular complexity index is 1510. The summed E-state index contributed by atoms with van der Waals surface area (Å²) >= 11 is 1.48. The number of carbonyl (C=O) groups excluding carboxylic acids is 1. The van der Waals surface area contributed by atoms with Crippen LogP contribution in [-0.2, 0) is 11.8 Å². The molecule has 40 heavy (non-hydrogen) atoms. The van der Waals surface area contributed by atoms with Crippen molar-refractivity contribution in [1.82, 2.24) is 35.5 Å². The summed E-state index contributed by atoms with van der Waals surface area (Å²) in [5.74, 6) is 6.49. The van der Waals surface area contributed by atoms with Crippen molar-refractivity contribution in [1.29, 1.82) is 0 Å². The largest absolute Gasteiger partial charge is 0.474 e. The first-order valence-electron chi connectivity index (χ1n) is 12.9. The number of hydrazine groups is 1. The van der Waals surface area contributed by atoms with Gasteiger partial charge in [-0.05, 0) is 19.1 Å². The lowest BCUT2D eigenvalue weighted by Crippen LogP contribution is -2.28. The number of ether oxygens (including phenoxy) is 2. The maximum atomic E-state index is 12.3. The van der Waals surface area contributed by atoms with Gasteiger partial charge in [-0.3, -0.25) is 15.8 Å². The highest BCUT2D eigenvalue weighted by molar-refractivity contribution is 7.13. The van der Waals surface area contributed by atoms with Crippen LogP contribution < -0.4 is 26.6 Å². The SMILES string of the molecule is C=C(NN)c1cnc(OC2CCOCC2)c(-c2cnc(NC(=O)NCC)cc2-c2nc(-c3cnn(C)c3)cs2)c1. The minimum atomic E-state index is -0.346. The van der Waals surface area contributed by atoms with Gasteiger partial charge in [-0.2, -0.15) is 5.10 Å². The Morgan fingerprint density at radius 2 is 2.02 bits per heavy atom. The maximum Gasteiger partial charge on any atom is 0.320 e. The van der Waals surface area contributed by atoms with Crippen LogP contribution >= 0.6 is 11.3 Å². The Hall–Kier alpha value is -4.33. The molecule has 208 valence electrons. The summed E-state index contributed by atoms with van der Waals surface area (Å²) in [6.45, 7) is 7.59. The lowest BCUT2D eigenvalue weighted by Gasteiger charge is -2.24. The van der Waals surface area contributed by atoms with Crippen LogP contribution in [0.25, 0.3) is 38.7 Å². The zero-order valence-corrected chi connectivity index (χ0v) is 23.1. The summed E-state index contributed by atoms with van der Waals surface area (Å²) in [6.07, 6.45) is 8.54. The smallest absolute Gasteiger partial charge is 0.320 e. The van der Waals surface area contributed by atoms with E-state index in [1.165, 1.54) is 11.3 Å². The topological polar surface area (TPSA) is 154 Å². The van der Waals surface area contributed by atoms with E-state index in [9.17, 15) is 4.79 Å². The van der Waals surface area contributed by atoms with Gasteiger partial charge in [-0.15, -0.1) is 11.3 Å². The van der Waals surface area contributed by atoms with E-state index in [4.69, 9.17) is 20.3 Å². The van der Waals surface area contributed by atoms with E-state index in [1.807, 2.05) is 31.6 Å². The van der Waals surface area contributed by atoms with Crippen molar-refractivity contribution in [2.75, 3.05) is 25.1 Å². The van der Waals surface area contributed by atoms with Crippen LogP contribution in [0.4, 0.5) is 10.6 Å². The summed E-state index contributed by atoms with van der Waals surface area (Å²) in [4.78, 5) is 26.4. The fraction of sp³-hybridized carbons (Fsp3) is 0.296. The van der Waals surface area contributed by atoms with E-state index < -0.39 is 0 Å². The standard InChI is InChI=1S/C27H31N9O3S/c1-4-29-27(37)34-24-10-21(26-33-23(15-40-26)18-12-32-36(3)14-18)22(13-30-24)20-9-17(16(2)35-28)11-31-25(20)39-19-5-7-38-8-6-19/h9-15,19,35H,2,4-8,28H2,1,3H3,(H2,29,30,34,37). The zero-order valence-electron chi connectivity index (χ0n) is 22.3. The molecule has 0 aromatic carbocycles. The molecule has 2 amide bonds. The first kappa shape index (κ1) is 27.2. The van der Waals surface area contributed by atoms with Gasteiger partial charge in [-0.1, -0.05) is 6.58 Å². The van der Waals surface area contributed by atoms with E-state index in [-0.39, 0.29) is 12.1 Å². The minimum Gasteiger partial charge on any atom is -0.474 e. The van der Waals surface area contributed by atoms with Crippen LogP contribution in [0, 0.1) is 0 Å². The first-order chi connectivity index (χ1) is 19.4. The number of urea groups is 1. The number of hydrogen-bond donors (Lipinski definition) is 4. The highest BCUT2D eigenvalue weighted by Gasteiger charge is 2.23. The summed E-state index contributed by atoms with van der Waals surface area (Å²) in [6, 6.07) is 3.37. The van der Waals surface area contributed by atoms with Crippen molar-refractivity contribution < 1.29 is 14.3 Å². The second kappa shape index (κ2) is 12.2. The molecule has 4 aromatic heterocycles. The molecule has 13 heteroatoms. The van der Waals surface area contributed by atoms with Crippen molar-refractivity contribution in [2.24, 2.45) is 12.9 Å². The lowest BCUT2D eigenvalue weighted by molar-refractivity contribution is 0.0240. The third kappa shape index (κ3) is 6.11. The van der Waals surface area contributed by atoms with Gasteiger partial charge in [0.25, 0.3) is 0 Å². The number of nitrogens with one attached hydrogen (secondary N) is 3. The van der Waals surface area contributed by atoms with Crippen molar-refractivity contribution >= 4 is 28.9 Å². The summed E-state index contributed by atoms with van der Waals surface area (Å²) in [7, 11) is 1.86. The second-order valence-electron chi connectivity index (χ2n) is 9.17. The highest BCUT2D eigenvalue weighted by atomic mass is 32.1. The number of anilines is 1. The molecular formula is C27H31N9O3S. The Labute approximate surface area is 235 Å². The third-order valence-corrected chi connectivity index (χ3v) is 7.20. The van der Waals surface area contributed by atoms with Crippen molar-refractivity contribution in [3.8, 4) is 38.8 Å². The summed E-state index contributed by atoms with van der Waals surface area (Å²) < 4.78 is 13.6. The van der Waals surface area contributed by atoms with Gasteiger partial charge in [-0.25, -0.2) is 19.7 Å². The van der Waals surface area contributed by atoms with Crippen LogP contribution in [0.3, 0.4) is 0 Å². The number of aromatic nitrogens is 5. The molecule has 0 spiro atoms. The third-order valence-electron chi connectivity index (χ3n) is 6.33. The zero-order chi connectivity index (χ0) is 28.1. The van der Waals surface area contributed by atoms with Gasteiger partial charge in [0.1, 0.15) is 16.9 Å². The molecule has 0 bridgehead atoms. The average molecular weight is 562 g/mol. The van der Waals surface area contributed by atoms with Crippen LogP contribution in [0.15, 0.2) is 48.9 Å². The Balaban J connectivity index is 1.63. The van der Waals surface area contributed by atoms with Gasteiger partial charge >= 0.3 is 6.03 Å². The monoisotopic (exact) mass is 561 g/mol. The number of rotatable bonds is 9. The van der Waals surface area contributed by atoms with Gasteiger partial charge in [0, 0.05) is 78.2 Å². The quantitative estimate of drug-likeness (QED) is 0.176. The molecular weight excluding hydrogens is 530 g/mol. The van der Waals surface area contributed by atoms with Crippen LogP contribution in [0.2, 0.25) is 0 Å². The summed E-state index contributed by atoms with van der Waals surface area (Å²) in [5.41, 5.74) is 7.67. The molecule has 5 rings (SSSR count). The van der Waals surface area contributed by atoms with Gasteiger partial charge in [0.05, 0.1) is 30.8 Å². The molecule has 0 radical (unpaired) electrons. The molecule has 1 aliphatic rings. The number of hydrogen-bond acceptors (Lipinski definition) is 10. The van der Waals surface area contributed by atoms with E-state index in [0.717, 1.165) is 40.2 Å². The number of nitrogens with zero attached hydrogens (tertiary/aromatic N) is 5. The van der Waals surface area contributed by atoms with E-state index in [2.05, 4.69) is 37.7 Å². The number of aryl methyl sites for hydroxylation is 1. The molecule has 0 saturated carbocycles. The minimum absolute atomic E-state index is 0.0335. The fourth-order valence-corrected chi connectivity index (χ4v) is 5.12. The maximum absolute atomic E-state index is 12.3. The lowest BCUT2D eigenvalue weighted by atomic mass is 10.0. The second-order valence-corrected chi connectivity index (χ2v) is 10.0. The highest BCUT2D eigenvalue weighted by Crippen LogP contribution is 2.40. The van der Waals surface area contributed by atoms with Crippen LogP contribution in [0.5, 0.6) is 5.88 Å². The van der Waals surface area contributed by atoms with Gasteiger partial charge < -0.3 is 20.2 Å². The molecule has 0 unspecified atom stereocenters. The van der Waals surface area contributed by atoms with Crippen LogP contribution in [0.1, 0.15) is 25.3 Å². The Morgan fingerprint density at radius 3 is 2.75 bits per heavy atom. The van der Waals surface area contributed by atoms with Gasteiger partial charge in [0.2, 0.25) is 5.88 Å². The van der Waals surface area contributed by atoms with Crippen molar-refractivity contribution in [2.45, 2.75) is 25.9 Å². The number of pyridine rings is 2. The Morgan fingerprint density at radius 1 is 1.20 bits per heavy atom. The van der Waals surface area contributed by atoms with Crippen LogP contribution in [-0.4, -0.2) is 56.6 Å². The van der Waals surface area contributed by atoms with E-state index in [1.54, 1.807) is 29.3 Å². The van der Waals surface area contributed by atoms with Crippen molar-refractivity contribution in [3.63, 3.8) is 0 Å². The molecule has 1 aliphatic heterocycles. The average Bonchev–Trinajstić information content (AvgIpc) is 3.63. The molecule has 1 saturated heterocycles. The van der Waals surface area contributed by atoms with E-state index >= 15 is 0 Å². The summed E-state index contributed by atoms with van der Waals surface area (Å²) in [5, 5.41) is 12.5. The first-order valence-corrected chi connectivity index (χ1v) is 13.7. The van der Waals surface area contributed by atoms with E-state index in [0.29, 0.717) is 48.3 Å². The Kier molecular flexibility index (Phi) is 8.34. The predicted molar refractivity (Wildman–Crippen MR) is 154 cm³/mol. The number of amides is 2. The molecule has 0 aliphatic carbocycles. The number of carbonyl (C=O) groups is 1. The number of nitrogens with two attached hydrogens (primary N) is 1. The predicted octanol–water partition coefficient (Wildman–Crippen LogP) is 3.80.